The molecule has 100 valence electrons. The number of pyridine rings is 1. The Labute approximate surface area is 107 Å². The van der Waals surface area contributed by atoms with Crippen LogP contribution in [0.1, 0.15) is 0 Å². The molecule has 1 aromatic heterocycles. The minimum Gasteiger partial charge on any atom is -0.251 e. The van der Waals surface area contributed by atoms with E-state index in [1.54, 1.807) is 0 Å². The van der Waals surface area contributed by atoms with E-state index in [-0.39, 0.29) is 5.02 Å². The van der Waals surface area contributed by atoms with Crippen molar-refractivity contribution in [3.8, 4) is 11.3 Å². The first-order chi connectivity index (χ1) is 8.84. The summed E-state index contributed by atoms with van der Waals surface area (Å²) in [6.07, 6.45) is 0.817. The molecule has 0 N–H and O–H groups in total. The first-order valence-electron chi connectivity index (χ1n) is 4.67. The molecule has 0 aliphatic heterocycles. The van der Waals surface area contributed by atoms with Crippen LogP contribution in [-0.2, 0) is 0 Å². The van der Waals surface area contributed by atoms with Crippen LogP contribution in [0, 0.1) is 34.9 Å². The molecule has 0 aliphatic carbocycles. The summed E-state index contributed by atoms with van der Waals surface area (Å²) in [6.45, 7) is 0. The fraction of sp³-hybridized carbons (Fsp3) is 0. The predicted molar refractivity (Wildman–Crippen MR) is 54.4 cm³/mol. The van der Waals surface area contributed by atoms with Gasteiger partial charge in [0.2, 0.25) is 5.82 Å². The number of hydrogen-bond donors (Lipinski definition) is 0. The summed E-state index contributed by atoms with van der Waals surface area (Å²) in [5.74, 6) is -12.3. The van der Waals surface area contributed by atoms with Crippen molar-refractivity contribution in [3.05, 3.63) is 52.2 Å². The molecule has 1 nitrogen and oxygen atoms in total. The number of nitrogens with zero attached hydrogens (tertiary/aromatic N) is 1. The molecule has 0 spiro atoms. The molecule has 8 heteroatoms. The van der Waals surface area contributed by atoms with Crippen LogP contribution >= 0.6 is 11.6 Å². The van der Waals surface area contributed by atoms with Gasteiger partial charge in [-0.25, -0.2) is 26.3 Å². The Hall–Kier alpha value is -1.76. The molecule has 2 rings (SSSR count). The summed E-state index contributed by atoms with van der Waals surface area (Å²) in [5.41, 5.74) is -2.46. The van der Waals surface area contributed by atoms with Crippen molar-refractivity contribution in [1.82, 2.24) is 4.98 Å². The van der Waals surface area contributed by atoms with E-state index in [4.69, 9.17) is 11.6 Å². The standard InChI is InChI=1S/C11H2ClF6N/c12-3-1-4(13)11(19-2-3)5-6(14)8(16)10(18)9(17)7(5)15/h1-2H. The Balaban J connectivity index is 2.83. The van der Waals surface area contributed by atoms with E-state index < -0.39 is 46.2 Å². The van der Waals surface area contributed by atoms with Gasteiger partial charge in [0.15, 0.2) is 29.1 Å². The summed E-state index contributed by atoms with van der Waals surface area (Å²) >= 11 is 5.37. The first-order valence-corrected chi connectivity index (χ1v) is 5.05. The van der Waals surface area contributed by atoms with Gasteiger partial charge in [-0.05, 0) is 6.07 Å². The van der Waals surface area contributed by atoms with Gasteiger partial charge in [-0.15, -0.1) is 0 Å². The molecular formula is C11H2ClF6N. The Morgan fingerprint density at radius 3 is 1.74 bits per heavy atom. The molecule has 0 amide bonds. The third kappa shape index (κ3) is 2.14. The maximum Gasteiger partial charge on any atom is 0.200 e. The van der Waals surface area contributed by atoms with E-state index in [0.29, 0.717) is 6.07 Å². The Morgan fingerprint density at radius 2 is 1.26 bits per heavy atom. The molecule has 19 heavy (non-hydrogen) atoms. The van der Waals surface area contributed by atoms with E-state index in [9.17, 15) is 26.3 Å². The van der Waals surface area contributed by atoms with Crippen LogP contribution in [0.5, 0.6) is 0 Å². The topological polar surface area (TPSA) is 12.9 Å². The summed E-state index contributed by atoms with van der Waals surface area (Å²) in [4.78, 5) is 3.24. The van der Waals surface area contributed by atoms with E-state index in [1.807, 2.05) is 0 Å². The van der Waals surface area contributed by atoms with Gasteiger partial charge < -0.3 is 0 Å². The lowest BCUT2D eigenvalue weighted by Crippen LogP contribution is -2.06. The van der Waals surface area contributed by atoms with Crippen molar-refractivity contribution in [2.75, 3.05) is 0 Å². The summed E-state index contributed by atoms with van der Waals surface area (Å²) in [6, 6.07) is 0.641. The molecule has 0 saturated heterocycles. The number of benzene rings is 1. The lowest BCUT2D eigenvalue weighted by atomic mass is 10.1. The van der Waals surface area contributed by atoms with Crippen LogP contribution in [-0.4, -0.2) is 4.98 Å². The quantitative estimate of drug-likeness (QED) is 0.436. The van der Waals surface area contributed by atoms with Gasteiger partial charge in [0, 0.05) is 6.20 Å². The molecule has 1 heterocycles. The molecule has 0 aliphatic rings. The van der Waals surface area contributed by atoms with Crippen molar-refractivity contribution >= 4 is 11.6 Å². The summed E-state index contributed by atoms with van der Waals surface area (Å²) in [5, 5.41) is -0.190. The van der Waals surface area contributed by atoms with Gasteiger partial charge in [0.05, 0.1) is 10.6 Å². The smallest absolute Gasteiger partial charge is 0.200 e. The highest BCUT2D eigenvalue weighted by Crippen LogP contribution is 2.32. The van der Waals surface area contributed by atoms with E-state index in [0.717, 1.165) is 6.20 Å². The molecule has 0 radical (unpaired) electrons. The van der Waals surface area contributed by atoms with E-state index in [2.05, 4.69) is 4.98 Å². The Kier molecular flexibility index (Phi) is 3.40. The Bertz CT molecular complexity index is 644. The molecule has 0 atom stereocenters. The average molecular weight is 298 g/mol. The van der Waals surface area contributed by atoms with Gasteiger partial charge >= 0.3 is 0 Å². The zero-order valence-corrected chi connectivity index (χ0v) is 9.50. The average Bonchev–Trinajstić information content (AvgIpc) is 2.37. The van der Waals surface area contributed by atoms with Crippen molar-refractivity contribution in [1.29, 1.82) is 0 Å². The third-order valence-corrected chi connectivity index (χ3v) is 2.46. The largest absolute Gasteiger partial charge is 0.251 e. The van der Waals surface area contributed by atoms with Gasteiger partial charge in [0.25, 0.3) is 0 Å². The second-order valence-corrected chi connectivity index (χ2v) is 3.87. The van der Waals surface area contributed by atoms with Gasteiger partial charge in [-0.2, -0.15) is 0 Å². The monoisotopic (exact) mass is 297 g/mol. The SMILES string of the molecule is Fc1cc(Cl)cnc1-c1c(F)c(F)c(F)c(F)c1F. The van der Waals surface area contributed by atoms with E-state index in [1.165, 1.54) is 0 Å². The van der Waals surface area contributed by atoms with Crippen molar-refractivity contribution in [2.45, 2.75) is 0 Å². The Morgan fingerprint density at radius 1 is 0.789 bits per heavy atom. The highest BCUT2D eigenvalue weighted by atomic mass is 35.5. The summed E-state index contributed by atoms with van der Waals surface area (Å²) < 4.78 is 79.0. The maximum absolute atomic E-state index is 13.4. The first kappa shape index (κ1) is 13.7. The molecule has 0 unspecified atom stereocenters. The number of hydrogen-bond acceptors (Lipinski definition) is 1. The van der Waals surface area contributed by atoms with Crippen LogP contribution in [0.4, 0.5) is 26.3 Å². The van der Waals surface area contributed by atoms with Gasteiger partial charge in [0.1, 0.15) is 5.69 Å². The van der Waals surface area contributed by atoms with Gasteiger partial charge in [-0.3, -0.25) is 4.98 Å². The van der Waals surface area contributed by atoms with Crippen LogP contribution in [0.25, 0.3) is 11.3 Å². The number of rotatable bonds is 1. The second kappa shape index (κ2) is 4.73. The van der Waals surface area contributed by atoms with Crippen molar-refractivity contribution in [3.63, 3.8) is 0 Å². The second-order valence-electron chi connectivity index (χ2n) is 3.43. The summed E-state index contributed by atoms with van der Waals surface area (Å²) in [7, 11) is 0. The van der Waals surface area contributed by atoms with Crippen LogP contribution in [0.2, 0.25) is 5.02 Å². The minimum absolute atomic E-state index is 0.190. The molecule has 0 saturated carbocycles. The van der Waals surface area contributed by atoms with Crippen molar-refractivity contribution < 1.29 is 26.3 Å². The molecule has 0 fully saturated rings. The fourth-order valence-corrected chi connectivity index (χ4v) is 1.56. The van der Waals surface area contributed by atoms with Crippen molar-refractivity contribution in [2.24, 2.45) is 0 Å². The number of aromatic nitrogens is 1. The third-order valence-electron chi connectivity index (χ3n) is 2.25. The molecule has 1 aromatic carbocycles. The van der Waals surface area contributed by atoms with E-state index >= 15 is 0 Å². The highest BCUT2D eigenvalue weighted by molar-refractivity contribution is 6.30. The zero-order chi connectivity index (χ0) is 14.3. The lowest BCUT2D eigenvalue weighted by Gasteiger charge is -2.08. The molecular weight excluding hydrogens is 296 g/mol. The number of halogens is 7. The highest BCUT2D eigenvalue weighted by Gasteiger charge is 2.28. The normalized spacial score (nSPS) is 10.9. The van der Waals surface area contributed by atoms with Crippen LogP contribution in [0.15, 0.2) is 12.3 Å². The minimum atomic E-state index is -2.33. The fourth-order valence-electron chi connectivity index (χ4n) is 1.41. The maximum atomic E-state index is 13.4. The van der Waals surface area contributed by atoms with Crippen LogP contribution < -0.4 is 0 Å². The lowest BCUT2D eigenvalue weighted by molar-refractivity contribution is 0.380. The predicted octanol–water partition coefficient (Wildman–Crippen LogP) is 4.24. The van der Waals surface area contributed by atoms with Gasteiger partial charge in [-0.1, -0.05) is 11.6 Å². The van der Waals surface area contributed by atoms with Crippen LogP contribution in [0.3, 0.4) is 0 Å². The molecule has 2 aromatic rings. The zero-order valence-electron chi connectivity index (χ0n) is 8.75. The molecule has 0 bridgehead atoms.